The van der Waals surface area contributed by atoms with Gasteiger partial charge in [-0.1, -0.05) is 29.8 Å². The maximum atomic E-state index is 12.9. The van der Waals surface area contributed by atoms with Gasteiger partial charge in [0, 0.05) is 17.0 Å². The number of hydrogen-bond acceptors (Lipinski definition) is 3. The number of carbonyl (C=O) groups excluding carboxylic acids is 1. The first-order valence-corrected chi connectivity index (χ1v) is 9.40. The zero-order valence-electron chi connectivity index (χ0n) is 14.9. The number of nitrogens with zero attached hydrogens (tertiary/aromatic N) is 1. The zero-order chi connectivity index (χ0) is 17.3. The van der Waals surface area contributed by atoms with E-state index < -0.39 is 0 Å². The maximum absolute atomic E-state index is 12.9. The van der Waals surface area contributed by atoms with Crippen molar-refractivity contribution >= 4 is 17.2 Å². The molecule has 2 heterocycles. The van der Waals surface area contributed by atoms with E-state index in [0.29, 0.717) is 6.54 Å². The van der Waals surface area contributed by atoms with Crippen LogP contribution in [0.2, 0.25) is 0 Å². The van der Waals surface area contributed by atoms with Crippen LogP contribution in [0.4, 0.5) is 0 Å². The van der Waals surface area contributed by atoms with Crippen LogP contribution < -0.4 is 5.32 Å². The molecule has 0 unspecified atom stereocenters. The average molecular weight is 343 g/mol. The Morgan fingerprint density at radius 2 is 1.96 bits per heavy atom. The second kappa shape index (κ2) is 6.69. The largest absolute Gasteiger partial charge is 0.330 e. The molecule has 128 valence electrons. The average Bonchev–Trinajstić information content (AvgIpc) is 3.00. The number of amides is 1. The molecule has 3 nitrogen and oxygen atoms in total. The molecule has 1 atom stereocenters. The minimum absolute atomic E-state index is 0.0369. The Labute approximate surface area is 148 Å². The molecule has 1 amide bonds. The summed E-state index contributed by atoms with van der Waals surface area (Å²) in [7, 11) is 0. The quantitative estimate of drug-likeness (QED) is 0.917. The lowest BCUT2D eigenvalue weighted by atomic mass is 9.92. The molecular formula is C20H26N2OS. The van der Waals surface area contributed by atoms with E-state index in [4.69, 9.17) is 0 Å². The molecule has 0 aliphatic carbocycles. The number of rotatable bonds is 3. The van der Waals surface area contributed by atoms with E-state index in [0.717, 1.165) is 13.0 Å². The SMILES string of the molecule is Cc1ccc([C@H]2c3ccsc3CCN2C(=O)CNC(C)(C)C)cc1. The zero-order valence-corrected chi connectivity index (χ0v) is 15.7. The van der Waals surface area contributed by atoms with Crippen molar-refractivity contribution in [3.63, 3.8) is 0 Å². The summed E-state index contributed by atoms with van der Waals surface area (Å²) in [6, 6.07) is 10.8. The van der Waals surface area contributed by atoms with Gasteiger partial charge in [0.2, 0.25) is 5.91 Å². The van der Waals surface area contributed by atoms with Gasteiger partial charge in [0.05, 0.1) is 12.6 Å². The van der Waals surface area contributed by atoms with Gasteiger partial charge in [0.1, 0.15) is 0 Å². The van der Waals surface area contributed by atoms with E-state index in [1.165, 1.54) is 21.6 Å². The van der Waals surface area contributed by atoms with E-state index in [2.05, 4.69) is 68.7 Å². The van der Waals surface area contributed by atoms with Crippen LogP contribution in [-0.4, -0.2) is 29.4 Å². The van der Waals surface area contributed by atoms with E-state index in [9.17, 15) is 4.79 Å². The molecule has 1 aromatic carbocycles. The maximum Gasteiger partial charge on any atom is 0.237 e. The fraction of sp³-hybridized carbons (Fsp3) is 0.450. The Morgan fingerprint density at radius 1 is 1.25 bits per heavy atom. The highest BCUT2D eigenvalue weighted by Crippen LogP contribution is 2.37. The lowest BCUT2D eigenvalue weighted by Crippen LogP contribution is -2.48. The predicted molar refractivity (Wildman–Crippen MR) is 101 cm³/mol. The van der Waals surface area contributed by atoms with E-state index in [1.54, 1.807) is 11.3 Å². The molecule has 1 aliphatic heterocycles. The Morgan fingerprint density at radius 3 is 2.62 bits per heavy atom. The van der Waals surface area contributed by atoms with Crippen LogP contribution in [0.5, 0.6) is 0 Å². The molecule has 0 radical (unpaired) electrons. The summed E-state index contributed by atoms with van der Waals surface area (Å²) in [5, 5.41) is 5.48. The van der Waals surface area contributed by atoms with E-state index in [1.807, 2.05) is 4.90 Å². The number of thiophene rings is 1. The Hall–Kier alpha value is -1.65. The normalized spacial score (nSPS) is 17.7. The minimum Gasteiger partial charge on any atom is -0.330 e. The van der Waals surface area contributed by atoms with Gasteiger partial charge in [0.15, 0.2) is 0 Å². The molecule has 3 rings (SSSR count). The number of nitrogens with one attached hydrogen (secondary N) is 1. The van der Waals surface area contributed by atoms with Gasteiger partial charge >= 0.3 is 0 Å². The number of benzene rings is 1. The van der Waals surface area contributed by atoms with Gasteiger partial charge in [-0.25, -0.2) is 0 Å². The Balaban J connectivity index is 1.90. The summed E-state index contributed by atoms with van der Waals surface area (Å²) >= 11 is 1.80. The highest BCUT2D eigenvalue weighted by Gasteiger charge is 2.32. The Kier molecular flexibility index (Phi) is 4.79. The van der Waals surface area contributed by atoms with Crippen molar-refractivity contribution in [3.05, 3.63) is 57.3 Å². The highest BCUT2D eigenvalue weighted by atomic mass is 32.1. The smallest absolute Gasteiger partial charge is 0.237 e. The number of hydrogen-bond donors (Lipinski definition) is 1. The summed E-state index contributed by atoms with van der Waals surface area (Å²) in [5.41, 5.74) is 3.67. The number of aryl methyl sites for hydroxylation is 1. The van der Waals surface area contributed by atoms with Crippen LogP contribution in [-0.2, 0) is 11.2 Å². The highest BCUT2D eigenvalue weighted by molar-refractivity contribution is 7.10. The van der Waals surface area contributed by atoms with Crippen LogP contribution in [0.1, 0.15) is 48.4 Å². The standard InChI is InChI=1S/C20H26N2OS/c1-14-5-7-15(8-6-14)19-16-10-12-24-17(16)9-11-22(19)18(23)13-21-20(2,3)4/h5-8,10,12,19,21H,9,11,13H2,1-4H3/t19-/m0/s1. The van der Waals surface area contributed by atoms with Crippen molar-refractivity contribution in [2.24, 2.45) is 0 Å². The lowest BCUT2D eigenvalue weighted by Gasteiger charge is -2.37. The van der Waals surface area contributed by atoms with Crippen molar-refractivity contribution in [1.82, 2.24) is 10.2 Å². The molecule has 0 saturated heterocycles. The molecule has 1 aliphatic rings. The second-order valence-corrected chi connectivity index (χ2v) is 8.55. The van der Waals surface area contributed by atoms with Crippen molar-refractivity contribution < 1.29 is 4.79 Å². The molecular weight excluding hydrogens is 316 g/mol. The summed E-state index contributed by atoms with van der Waals surface area (Å²) in [6.07, 6.45) is 0.955. The predicted octanol–water partition coefficient (Wildman–Crippen LogP) is 3.92. The van der Waals surface area contributed by atoms with Gasteiger partial charge in [-0.05, 0) is 56.7 Å². The van der Waals surface area contributed by atoms with Crippen molar-refractivity contribution in [1.29, 1.82) is 0 Å². The van der Waals surface area contributed by atoms with Crippen LogP contribution in [0.15, 0.2) is 35.7 Å². The van der Waals surface area contributed by atoms with Gasteiger partial charge in [-0.2, -0.15) is 0 Å². The van der Waals surface area contributed by atoms with Crippen molar-refractivity contribution in [2.45, 2.75) is 45.7 Å². The van der Waals surface area contributed by atoms with Gasteiger partial charge in [0.25, 0.3) is 0 Å². The van der Waals surface area contributed by atoms with Crippen LogP contribution in [0.3, 0.4) is 0 Å². The molecule has 2 aromatic rings. The second-order valence-electron chi connectivity index (χ2n) is 7.55. The van der Waals surface area contributed by atoms with Crippen LogP contribution in [0.25, 0.3) is 0 Å². The molecule has 4 heteroatoms. The lowest BCUT2D eigenvalue weighted by molar-refractivity contribution is -0.132. The fourth-order valence-corrected chi connectivity index (χ4v) is 4.04. The fourth-order valence-electron chi connectivity index (χ4n) is 3.14. The summed E-state index contributed by atoms with van der Waals surface area (Å²) < 4.78 is 0. The van der Waals surface area contributed by atoms with E-state index in [-0.39, 0.29) is 17.5 Å². The summed E-state index contributed by atoms with van der Waals surface area (Å²) in [5.74, 6) is 0.173. The summed E-state index contributed by atoms with van der Waals surface area (Å²) in [4.78, 5) is 16.3. The van der Waals surface area contributed by atoms with Crippen molar-refractivity contribution in [2.75, 3.05) is 13.1 Å². The summed E-state index contributed by atoms with van der Waals surface area (Å²) in [6.45, 7) is 9.53. The first-order chi connectivity index (χ1) is 11.3. The topological polar surface area (TPSA) is 32.3 Å². The molecule has 1 aromatic heterocycles. The third kappa shape index (κ3) is 3.70. The molecule has 0 spiro atoms. The molecule has 0 fully saturated rings. The first kappa shape index (κ1) is 17.2. The van der Waals surface area contributed by atoms with Gasteiger partial charge in [-0.15, -0.1) is 11.3 Å². The number of fused-ring (bicyclic) bond motifs is 1. The minimum atomic E-state index is -0.0572. The van der Waals surface area contributed by atoms with Crippen LogP contribution in [0, 0.1) is 6.92 Å². The van der Waals surface area contributed by atoms with Crippen LogP contribution >= 0.6 is 11.3 Å². The van der Waals surface area contributed by atoms with E-state index >= 15 is 0 Å². The van der Waals surface area contributed by atoms with Gasteiger partial charge in [-0.3, -0.25) is 4.79 Å². The first-order valence-electron chi connectivity index (χ1n) is 8.52. The molecule has 0 saturated carbocycles. The molecule has 0 bridgehead atoms. The molecule has 24 heavy (non-hydrogen) atoms. The third-order valence-corrected chi connectivity index (χ3v) is 5.45. The third-order valence-electron chi connectivity index (χ3n) is 4.45. The monoisotopic (exact) mass is 342 g/mol. The van der Waals surface area contributed by atoms with Gasteiger partial charge < -0.3 is 10.2 Å². The van der Waals surface area contributed by atoms with Crippen molar-refractivity contribution in [3.8, 4) is 0 Å². The number of carbonyl (C=O) groups is 1. The molecule has 1 N–H and O–H groups in total. The Bertz CT molecular complexity index is 712.